The van der Waals surface area contributed by atoms with Gasteiger partial charge < -0.3 is 9.73 Å². The molecule has 0 aliphatic heterocycles. The molecule has 0 saturated carbocycles. The maximum atomic E-state index is 11.9. The van der Waals surface area contributed by atoms with Crippen LogP contribution >= 0.6 is 22.9 Å². The monoisotopic (exact) mass is 285 g/mol. The molecular formula is C11H12ClN3O2S. The van der Waals surface area contributed by atoms with Crippen LogP contribution in [0.4, 0.5) is 0 Å². The number of aryl methyl sites for hydroxylation is 2. The van der Waals surface area contributed by atoms with Gasteiger partial charge in [-0.05, 0) is 38.4 Å². The number of rotatable bonds is 3. The Morgan fingerprint density at radius 3 is 2.72 bits per heavy atom. The molecule has 0 spiro atoms. The molecule has 2 heterocycles. The number of hydrogen-bond donors (Lipinski definition) is 1. The van der Waals surface area contributed by atoms with Gasteiger partial charge in [-0.25, -0.2) is 0 Å². The molecule has 2 rings (SSSR count). The van der Waals surface area contributed by atoms with E-state index in [1.165, 1.54) is 0 Å². The van der Waals surface area contributed by atoms with Crippen molar-refractivity contribution in [2.75, 3.05) is 0 Å². The molecule has 2 aromatic rings. The van der Waals surface area contributed by atoms with Gasteiger partial charge in [0, 0.05) is 5.56 Å². The molecule has 0 aliphatic carbocycles. The van der Waals surface area contributed by atoms with E-state index in [2.05, 4.69) is 15.5 Å². The molecule has 0 aromatic carbocycles. The Kier molecular flexibility index (Phi) is 3.68. The van der Waals surface area contributed by atoms with E-state index < -0.39 is 0 Å². The highest BCUT2D eigenvalue weighted by molar-refractivity contribution is 7.17. The number of furan rings is 1. The fraction of sp³-hybridized carbons (Fsp3) is 0.364. The third kappa shape index (κ3) is 2.70. The second-order valence-corrected chi connectivity index (χ2v) is 5.48. The van der Waals surface area contributed by atoms with Crippen molar-refractivity contribution in [1.29, 1.82) is 0 Å². The van der Waals surface area contributed by atoms with Crippen molar-refractivity contribution in [3.8, 4) is 0 Å². The van der Waals surface area contributed by atoms with E-state index in [-0.39, 0.29) is 21.4 Å². The third-order valence-corrected chi connectivity index (χ3v) is 3.51. The van der Waals surface area contributed by atoms with Crippen LogP contribution in [0.2, 0.25) is 4.47 Å². The summed E-state index contributed by atoms with van der Waals surface area (Å²) in [4.78, 5) is 11.9. The smallest absolute Gasteiger partial charge is 0.282 e. The van der Waals surface area contributed by atoms with E-state index in [1.807, 2.05) is 26.8 Å². The highest BCUT2D eigenvalue weighted by Gasteiger charge is 2.18. The second kappa shape index (κ2) is 5.07. The minimum Gasteiger partial charge on any atom is -0.466 e. The predicted octanol–water partition coefficient (Wildman–Crippen LogP) is 2.89. The lowest BCUT2D eigenvalue weighted by atomic mass is 10.1. The molecule has 1 amide bonds. The average molecular weight is 286 g/mol. The number of carbonyl (C=O) groups is 1. The zero-order chi connectivity index (χ0) is 13.3. The van der Waals surface area contributed by atoms with Crippen LogP contribution in [0.5, 0.6) is 0 Å². The van der Waals surface area contributed by atoms with Gasteiger partial charge in [0.1, 0.15) is 11.5 Å². The first-order valence-electron chi connectivity index (χ1n) is 5.34. The van der Waals surface area contributed by atoms with Crippen molar-refractivity contribution in [3.05, 3.63) is 32.6 Å². The minimum atomic E-state index is -0.287. The Balaban J connectivity index is 2.10. The van der Waals surface area contributed by atoms with E-state index in [9.17, 15) is 4.79 Å². The zero-order valence-corrected chi connectivity index (χ0v) is 11.7. The Morgan fingerprint density at radius 2 is 2.22 bits per heavy atom. The first-order chi connectivity index (χ1) is 8.47. The summed E-state index contributed by atoms with van der Waals surface area (Å²) in [6, 6.07) is 1.76. The summed E-state index contributed by atoms with van der Waals surface area (Å²) in [6.45, 7) is 5.63. The molecule has 96 valence electrons. The van der Waals surface area contributed by atoms with Crippen LogP contribution in [-0.2, 0) is 0 Å². The second-order valence-electron chi connectivity index (χ2n) is 3.92. The Labute approximate surface area is 113 Å². The number of nitrogens with zero attached hydrogens (tertiary/aromatic N) is 2. The highest BCUT2D eigenvalue weighted by atomic mass is 35.5. The molecule has 1 unspecified atom stereocenters. The largest absolute Gasteiger partial charge is 0.466 e. The SMILES string of the molecule is Cc1cc(C(C)NC(=O)c2nnc(Cl)s2)c(C)o1. The average Bonchev–Trinajstić information content (AvgIpc) is 2.84. The Bertz CT molecular complexity index is 579. The molecule has 1 N–H and O–H groups in total. The van der Waals surface area contributed by atoms with Crippen LogP contribution in [0.3, 0.4) is 0 Å². The summed E-state index contributed by atoms with van der Waals surface area (Å²) in [5.41, 5.74) is 0.955. The van der Waals surface area contributed by atoms with Gasteiger partial charge in [-0.3, -0.25) is 4.79 Å². The third-order valence-electron chi connectivity index (χ3n) is 2.49. The van der Waals surface area contributed by atoms with Crippen molar-refractivity contribution < 1.29 is 9.21 Å². The zero-order valence-electron chi connectivity index (χ0n) is 10.2. The van der Waals surface area contributed by atoms with Gasteiger partial charge in [0.2, 0.25) is 9.47 Å². The number of hydrogen-bond acceptors (Lipinski definition) is 5. The van der Waals surface area contributed by atoms with Gasteiger partial charge in [-0.1, -0.05) is 11.3 Å². The first kappa shape index (κ1) is 13.0. The number of aromatic nitrogens is 2. The quantitative estimate of drug-likeness (QED) is 0.941. The Morgan fingerprint density at radius 1 is 1.50 bits per heavy atom. The summed E-state index contributed by atoms with van der Waals surface area (Å²) in [5.74, 6) is 1.34. The van der Waals surface area contributed by atoms with Gasteiger partial charge in [0.05, 0.1) is 6.04 Å². The predicted molar refractivity (Wildman–Crippen MR) is 69.0 cm³/mol. The van der Waals surface area contributed by atoms with Crippen LogP contribution in [0, 0.1) is 13.8 Å². The number of carbonyl (C=O) groups excluding carboxylic acids is 1. The molecule has 5 nitrogen and oxygen atoms in total. The van der Waals surface area contributed by atoms with Gasteiger partial charge in [-0.15, -0.1) is 10.2 Å². The van der Waals surface area contributed by atoms with E-state index in [4.69, 9.17) is 16.0 Å². The molecule has 0 saturated heterocycles. The topological polar surface area (TPSA) is 68.0 Å². The van der Waals surface area contributed by atoms with Gasteiger partial charge >= 0.3 is 0 Å². The minimum absolute atomic E-state index is 0.155. The molecule has 0 radical (unpaired) electrons. The van der Waals surface area contributed by atoms with Crippen LogP contribution in [-0.4, -0.2) is 16.1 Å². The molecule has 0 aliphatic rings. The summed E-state index contributed by atoms with van der Waals surface area (Å²) in [7, 11) is 0. The van der Waals surface area contributed by atoms with E-state index in [0.29, 0.717) is 0 Å². The lowest BCUT2D eigenvalue weighted by Crippen LogP contribution is -2.26. The number of nitrogens with one attached hydrogen (secondary N) is 1. The van der Waals surface area contributed by atoms with Crippen molar-refractivity contribution in [1.82, 2.24) is 15.5 Å². The van der Waals surface area contributed by atoms with Gasteiger partial charge in [0.15, 0.2) is 0 Å². The molecule has 0 bridgehead atoms. The van der Waals surface area contributed by atoms with Crippen LogP contribution in [0.1, 0.15) is 39.9 Å². The van der Waals surface area contributed by atoms with Crippen molar-refractivity contribution in [2.45, 2.75) is 26.8 Å². The maximum absolute atomic E-state index is 11.9. The first-order valence-corrected chi connectivity index (χ1v) is 6.53. The Hall–Kier alpha value is -1.40. The summed E-state index contributed by atoms with van der Waals surface area (Å²) >= 11 is 6.69. The standard InChI is InChI=1S/C11H12ClN3O2S/c1-5-4-8(7(3)17-5)6(2)13-9(16)10-14-15-11(12)18-10/h4,6H,1-3H3,(H,13,16). The number of amides is 1. The van der Waals surface area contributed by atoms with E-state index in [1.54, 1.807) is 0 Å². The van der Waals surface area contributed by atoms with E-state index in [0.717, 1.165) is 28.4 Å². The maximum Gasteiger partial charge on any atom is 0.282 e. The molecular weight excluding hydrogens is 274 g/mol. The molecule has 0 fully saturated rings. The molecule has 1 atom stereocenters. The molecule has 2 aromatic heterocycles. The highest BCUT2D eigenvalue weighted by Crippen LogP contribution is 2.22. The molecule has 7 heteroatoms. The van der Waals surface area contributed by atoms with Crippen molar-refractivity contribution in [3.63, 3.8) is 0 Å². The van der Waals surface area contributed by atoms with E-state index >= 15 is 0 Å². The molecule has 18 heavy (non-hydrogen) atoms. The van der Waals surface area contributed by atoms with Crippen molar-refractivity contribution in [2.24, 2.45) is 0 Å². The normalized spacial score (nSPS) is 12.4. The van der Waals surface area contributed by atoms with Crippen LogP contribution < -0.4 is 5.32 Å². The lowest BCUT2D eigenvalue weighted by Gasteiger charge is -2.11. The fourth-order valence-corrected chi connectivity index (χ4v) is 2.45. The van der Waals surface area contributed by atoms with Crippen LogP contribution in [0.15, 0.2) is 10.5 Å². The van der Waals surface area contributed by atoms with Gasteiger partial charge in [0.25, 0.3) is 5.91 Å². The number of halogens is 1. The summed E-state index contributed by atoms with van der Waals surface area (Å²) in [5, 5.41) is 10.4. The fourth-order valence-electron chi connectivity index (χ4n) is 1.71. The van der Waals surface area contributed by atoms with Crippen molar-refractivity contribution >= 4 is 28.8 Å². The lowest BCUT2D eigenvalue weighted by molar-refractivity contribution is 0.0938. The van der Waals surface area contributed by atoms with Gasteiger partial charge in [-0.2, -0.15) is 0 Å². The summed E-state index contributed by atoms with van der Waals surface area (Å²) in [6.07, 6.45) is 0. The van der Waals surface area contributed by atoms with Crippen LogP contribution in [0.25, 0.3) is 0 Å². The summed E-state index contributed by atoms with van der Waals surface area (Å²) < 4.78 is 5.68.